The Bertz CT molecular complexity index is 4430. The van der Waals surface area contributed by atoms with Crippen LogP contribution in [-0.2, 0) is 89.4 Å². The van der Waals surface area contributed by atoms with Crippen LogP contribution in [0.3, 0.4) is 0 Å². The number of unbranched alkanes of at least 4 members (excludes halogenated alkanes) is 1. The van der Waals surface area contributed by atoms with Crippen LogP contribution in [0.15, 0.2) is 102 Å². The van der Waals surface area contributed by atoms with Crippen molar-refractivity contribution in [2.45, 2.75) is 214 Å². The number of aliphatic carboxylic acids is 1. The fourth-order valence-corrected chi connectivity index (χ4v) is 15.4. The highest BCUT2D eigenvalue weighted by Crippen LogP contribution is 2.34. The number of aromatic nitrogens is 1. The number of hydrogen-bond donors (Lipinski definition) is 10. The Morgan fingerprint density at radius 3 is 2.06 bits per heavy atom. The lowest BCUT2D eigenvalue weighted by Crippen LogP contribution is -2.58. The fourth-order valence-electron chi connectivity index (χ4n) is 14.5. The van der Waals surface area contributed by atoms with Gasteiger partial charge in [-0.1, -0.05) is 127 Å². The van der Waals surface area contributed by atoms with Crippen molar-refractivity contribution in [1.29, 1.82) is 0 Å². The number of carbonyl (C=O) groups is 12. The minimum atomic E-state index is -1.29. The average Bonchev–Trinajstić information content (AvgIpc) is 1.17. The molecule has 3 aliphatic rings. The second kappa shape index (κ2) is 54.3. The van der Waals surface area contributed by atoms with Gasteiger partial charge in [0.2, 0.25) is 35.4 Å². The number of terminal acetylenes is 1. The number of primary amides is 1. The number of carbonyl (C=O) groups excluding carboxylic acids is 11. The molecule has 3 aromatic carbocycles. The van der Waals surface area contributed by atoms with Crippen LogP contribution in [0.2, 0.25) is 0 Å². The number of nitrogens with one attached hydrogen (secondary N) is 8. The Morgan fingerprint density at radius 2 is 1.40 bits per heavy atom. The topological polar surface area (TPSA) is 435 Å². The van der Waals surface area contributed by atoms with E-state index in [1.54, 1.807) is 74.4 Å². The minimum absolute atomic E-state index is 0.00787. The summed E-state index contributed by atoms with van der Waals surface area (Å²) < 4.78 is 33.6. The number of rotatable bonds is 54. The van der Waals surface area contributed by atoms with Crippen molar-refractivity contribution in [1.82, 2.24) is 52.2 Å². The van der Waals surface area contributed by atoms with Gasteiger partial charge in [0, 0.05) is 74.4 Å². The van der Waals surface area contributed by atoms with Gasteiger partial charge in [0.05, 0.1) is 89.2 Å². The summed E-state index contributed by atoms with van der Waals surface area (Å²) in [5.41, 5.74) is 10.1. The number of likely N-dealkylation sites (N-methyl/N-ethyl adjacent to an activating group) is 1. The molecule has 0 radical (unpaired) electrons. The van der Waals surface area contributed by atoms with Gasteiger partial charge in [0.25, 0.3) is 11.8 Å². The Hall–Kier alpha value is -10.9. The summed E-state index contributed by atoms with van der Waals surface area (Å²) in [7, 11) is 1.91. The molecule has 33 nitrogen and oxygen atoms in total. The first-order valence-electron chi connectivity index (χ1n) is 44.0. The first kappa shape index (κ1) is 103. The number of nitrogens with zero attached hydrogens (tertiary/aromatic N) is 4. The third-order valence-electron chi connectivity index (χ3n) is 22.2. The first-order valence-corrected chi connectivity index (χ1v) is 44.8. The molecule has 2 aliphatic heterocycles. The maximum Gasteiger partial charge on any atom is 0.411 e. The van der Waals surface area contributed by atoms with E-state index in [0.29, 0.717) is 86.8 Å². The number of benzene rings is 3. The van der Waals surface area contributed by atoms with Gasteiger partial charge in [-0.25, -0.2) is 19.6 Å². The van der Waals surface area contributed by atoms with Crippen molar-refractivity contribution < 1.29 is 95.9 Å². The van der Waals surface area contributed by atoms with Crippen LogP contribution in [-0.4, -0.2) is 227 Å². The van der Waals surface area contributed by atoms with E-state index in [4.69, 9.17) is 50.4 Å². The minimum Gasteiger partial charge on any atom is -0.481 e. The molecule has 1 saturated heterocycles. The van der Waals surface area contributed by atoms with Gasteiger partial charge in [-0.3, -0.25) is 63.0 Å². The summed E-state index contributed by atoms with van der Waals surface area (Å²) in [6.45, 7) is 19.0. The monoisotopic (exact) mass is 1780 g/mol. The molecule has 694 valence electrons. The molecule has 0 unspecified atom stereocenters. The Morgan fingerprint density at radius 1 is 0.717 bits per heavy atom. The number of nitrogens with two attached hydrogens (primary N) is 1. The number of likely N-dealkylation sites (tertiary alicyclic amines) is 1. The molecule has 8 atom stereocenters. The van der Waals surface area contributed by atoms with E-state index in [1.807, 2.05) is 94.2 Å². The number of amides is 11. The molecule has 7 rings (SSSR count). The number of anilines is 2. The zero-order valence-corrected chi connectivity index (χ0v) is 75.9. The van der Waals surface area contributed by atoms with Gasteiger partial charge >= 0.3 is 24.1 Å². The van der Waals surface area contributed by atoms with Crippen LogP contribution in [0.1, 0.15) is 202 Å². The normalized spacial score (nSPS) is 15.5. The number of carboxylic acid groups (broad SMARTS) is 1. The number of allylic oxidation sites excluding steroid dienone is 3. The first-order chi connectivity index (χ1) is 60.8. The summed E-state index contributed by atoms with van der Waals surface area (Å²) >= 11 is 1.16. The van der Waals surface area contributed by atoms with Gasteiger partial charge < -0.3 is 81.4 Å². The van der Waals surface area contributed by atoms with Gasteiger partial charge in [-0.15, -0.1) is 23.7 Å². The second-order valence-corrected chi connectivity index (χ2v) is 34.3. The number of thiazole rings is 1. The largest absolute Gasteiger partial charge is 0.481 e. The van der Waals surface area contributed by atoms with E-state index in [9.17, 15) is 57.8 Å². The standard InChI is InChI=1S/C93H131N13O20S/c1-12-14-21-45-126-106(89(115)83(63(7)13-2)103-86(113)77-28-19-20-44-104(77)11)78(61(3)4)55-70(59-124-64(8)107)88-101-75(60-127-88)85(112)98-73(56-93(9,10)90(116)117)54-65-29-35-72(36-30-65)99-92(119)125-58-66-31-37-71(38-32-66)97-84(111)74(26-22-42-96-91(94)118)100-87(114)82(62(5)6)102-80(109)41-46-120-48-50-122-52-53-123-51-49-121-47-43-95-79(108)39-40-81(110)105-57-69-25-16-15-23-67(69)33-34-68-24-17-18-27-76(68)105/h1,15-18,23-25,27,29-31,33-37,60-63,70,73-74,77-78,82-83H,13-14,19-22,26,28,32,38-59H2,2-11H3,(H,95,108)(H,97,111)(H,98,112)(H,99,119)(H,100,114)(H,102,109)(H,103,113)(H,116,117)(H3,94,96,118)/t63-,70-,73-,74-,77+,78+,82-,83-/m0/s1. The number of urea groups is 1. The summed E-state index contributed by atoms with van der Waals surface area (Å²) in [5, 5.41) is 36.2. The molecule has 3 heterocycles. The lowest BCUT2D eigenvalue weighted by atomic mass is 9.84. The number of esters is 1. The summed E-state index contributed by atoms with van der Waals surface area (Å²) in [5.74, 6) is -3.84. The predicted molar refractivity (Wildman–Crippen MR) is 482 cm³/mol. The highest BCUT2D eigenvalue weighted by atomic mass is 32.1. The lowest BCUT2D eigenvalue weighted by Gasteiger charge is -2.39. The van der Waals surface area contributed by atoms with Crippen LogP contribution >= 0.6 is 11.3 Å². The molecule has 1 aromatic heterocycles. The summed E-state index contributed by atoms with van der Waals surface area (Å²) in [4.78, 5) is 175. The highest BCUT2D eigenvalue weighted by Gasteiger charge is 2.41. The predicted octanol–water partition coefficient (Wildman–Crippen LogP) is 9.65. The number of fused-ring (bicyclic) bond motifs is 2. The molecule has 34 heteroatoms. The van der Waals surface area contributed by atoms with Crippen molar-refractivity contribution in [2.75, 3.05) is 110 Å². The molecule has 11 N–H and O–H groups in total. The van der Waals surface area contributed by atoms with E-state index in [0.717, 1.165) is 58.7 Å². The second-order valence-electron chi connectivity index (χ2n) is 33.4. The van der Waals surface area contributed by atoms with E-state index in [2.05, 4.69) is 54.5 Å². The molecule has 1 aliphatic carbocycles. The van der Waals surface area contributed by atoms with Crippen LogP contribution in [0.5, 0.6) is 0 Å². The van der Waals surface area contributed by atoms with E-state index < -0.39 is 107 Å². The molecule has 127 heavy (non-hydrogen) atoms. The Balaban J connectivity index is 0.825. The summed E-state index contributed by atoms with van der Waals surface area (Å²) in [6.07, 6.45) is 17.7. The van der Waals surface area contributed by atoms with Crippen molar-refractivity contribution in [3.8, 4) is 12.3 Å². The Kier molecular flexibility index (Phi) is 44.1. The third kappa shape index (κ3) is 35.7. The van der Waals surface area contributed by atoms with Crippen molar-refractivity contribution in [3.05, 3.63) is 135 Å². The fraction of sp³-hybridized carbons (Fsp3) is 0.559. The van der Waals surface area contributed by atoms with E-state index >= 15 is 4.79 Å². The average molecular weight is 1780 g/mol. The van der Waals surface area contributed by atoms with E-state index in [1.165, 1.54) is 12.0 Å². The molecular weight excluding hydrogens is 1650 g/mol. The third-order valence-corrected chi connectivity index (χ3v) is 23.2. The van der Waals surface area contributed by atoms with Crippen LogP contribution in [0, 0.1) is 35.5 Å². The SMILES string of the molecule is C#CCCCON(C(=O)[C@@H](NC(=O)[C@H]1CCCCN1C)[C@@H](C)CC)[C@H](C[C@@H](COC(C)=O)c1nc(C(=O)N[C@@H](Cc2ccc(NC(=O)OCC3=CC=C(NC(=O)[C@H](CCCNC(N)=O)NC(=O)[C@@H](NC(=O)CCOCCOCCOCCOCCNC(=O)CCC(=O)N4Cc5ccccc5C=Cc5ccccc54)C(C)C)CC3)cc2)CC(C)(C)C(=O)O)cs1)C(C)C. The number of para-hydroxylation sites is 1. The zero-order chi connectivity index (χ0) is 92.4. The van der Waals surface area contributed by atoms with Crippen molar-refractivity contribution >= 4 is 106 Å². The molecule has 0 saturated carbocycles. The van der Waals surface area contributed by atoms with Crippen LogP contribution in [0.4, 0.5) is 21.0 Å². The van der Waals surface area contributed by atoms with Crippen molar-refractivity contribution in [2.24, 2.45) is 28.9 Å². The molecule has 4 aromatic rings. The van der Waals surface area contributed by atoms with Gasteiger partial charge in [0.1, 0.15) is 42.0 Å². The molecule has 0 spiro atoms. The number of ether oxygens (including phenoxy) is 6. The van der Waals surface area contributed by atoms with Gasteiger partial charge in [-0.05, 0) is 162 Å². The quantitative estimate of drug-likeness (QED) is 0.00850. The Labute approximate surface area is 749 Å². The molecule has 1 fully saturated rings. The number of hydroxylamine groups is 2. The summed E-state index contributed by atoms with van der Waals surface area (Å²) in [6, 6.07) is 16.8. The molecule has 11 amide bonds. The smallest absolute Gasteiger partial charge is 0.411 e. The maximum atomic E-state index is 15.0. The highest BCUT2D eigenvalue weighted by molar-refractivity contribution is 7.10. The van der Waals surface area contributed by atoms with Crippen LogP contribution in [0.25, 0.3) is 12.2 Å². The maximum absolute atomic E-state index is 15.0. The molecular formula is C93H131N13O20S. The van der Waals surface area contributed by atoms with Crippen LogP contribution < -0.4 is 53.2 Å². The lowest BCUT2D eigenvalue weighted by molar-refractivity contribution is -0.211. The van der Waals surface area contributed by atoms with Gasteiger partial charge in [-0.2, -0.15) is 0 Å². The van der Waals surface area contributed by atoms with Crippen molar-refractivity contribution in [3.63, 3.8) is 0 Å². The number of hydrogen-bond acceptors (Lipinski definition) is 22. The van der Waals surface area contributed by atoms with Gasteiger partial charge in [0.15, 0.2) is 0 Å². The molecule has 0 bridgehead atoms. The number of carboxylic acids is 1. The zero-order valence-electron chi connectivity index (χ0n) is 75.1. The number of piperidine rings is 1. The van der Waals surface area contributed by atoms with E-state index in [-0.39, 0.29) is 153 Å².